The third-order valence-corrected chi connectivity index (χ3v) is 6.73. The average Bonchev–Trinajstić information content (AvgIpc) is 3.52. The maximum Gasteiger partial charge on any atom is 0.348 e. The van der Waals surface area contributed by atoms with Crippen molar-refractivity contribution in [3.8, 4) is 10.8 Å². The van der Waals surface area contributed by atoms with Crippen LogP contribution in [0.15, 0.2) is 28.0 Å². The summed E-state index contributed by atoms with van der Waals surface area (Å²) in [5.41, 5.74) is 1.18. The molecule has 3 aromatic heterocycles. The largest absolute Gasteiger partial charge is 0.451 e. The van der Waals surface area contributed by atoms with E-state index >= 15 is 0 Å². The highest BCUT2D eigenvalue weighted by Gasteiger charge is 2.21. The molecule has 0 aliphatic heterocycles. The molecule has 0 aliphatic rings. The Morgan fingerprint density at radius 2 is 2.03 bits per heavy atom. The Balaban J connectivity index is 1.59. The van der Waals surface area contributed by atoms with E-state index in [4.69, 9.17) is 9.15 Å². The van der Waals surface area contributed by atoms with Crippen LogP contribution in [-0.4, -0.2) is 40.1 Å². The molecule has 0 aromatic carbocycles. The second-order valence-corrected chi connectivity index (χ2v) is 9.12. The molecule has 0 spiro atoms. The van der Waals surface area contributed by atoms with Gasteiger partial charge in [0, 0.05) is 11.4 Å². The van der Waals surface area contributed by atoms with Crippen molar-refractivity contribution in [2.24, 2.45) is 0 Å². The maximum atomic E-state index is 12.7. The molecule has 0 aliphatic carbocycles. The van der Waals surface area contributed by atoms with Crippen molar-refractivity contribution < 1.29 is 18.7 Å². The van der Waals surface area contributed by atoms with Crippen LogP contribution in [0.1, 0.15) is 59.6 Å². The number of esters is 1. The fraction of sp³-hybridized carbons (Fsp3) is 0.455. The molecule has 0 fully saturated rings. The fourth-order valence-corrected chi connectivity index (χ4v) is 5.03. The predicted octanol–water partition coefficient (Wildman–Crippen LogP) is 4.97. The number of rotatable bonds is 11. The van der Waals surface area contributed by atoms with Gasteiger partial charge in [-0.2, -0.15) is 0 Å². The number of ether oxygens (including phenoxy) is 1. The molecule has 3 aromatic rings. The average molecular weight is 462 g/mol. The number of amides is 1. The van der Waals surface area contributed by atoms with Crippen LogP contribution in [-0.2, 0) is 28.9 Å². The van der Waals surface area contributed by atoms with Crippen molar-refractivity contribution in [3.05, 3.63) is 44.8 Å². The van der Waals surface area contributed by atoms with Crippen molar-refractivity contribution in [1.29, 1.82) is 0 Å². The zero-order valence-electron chi connectivity index (χ0n) is 18.1. The minimum Gasteiger partial charge on any atom is -0.451 e. The molecule has 0 saturated carbocycles. The van der Waals surface area contributed by atoms with E-state index in [1.165, 1.54) is 33.1 Å². The molecule has 0 N–H and O–H groups in total. The summed E-state index contributed by atoms with van der Waals surface area (Å²) in [6.07, 6.45) is 3.61. The van der Waals surface area contributed by atoms with Crippen LogP contribution in [0.5, 0.6) is 0 Å². The van der Waals surface area contributed by atoms with Gasteiger partial charge in [-0.15, -0.1) is 32.9 Å². The van der Waals surface area contributed by atoms with Gasteiger partial charge in [0.2, 0.25) is 5.89 Å². The van der Waals surface area contributed by atoms with E-state index in [0.717, 1.165) is 30.6 Å². The van der Waals surface area contributed by atoms with Crippen LogP contribution in [0.25, 0.3) is 10.8 Å². The monoisotopic (exact) mass is 461 g/mol. The van der Waals surface area contributed by atoms with Crippen molar-refractivity contribution in [2.75, 3.05) is 13.2 Å². The summed E-state index contributed by atoms with van der Waals surface area (Å²) in [7, 11) is 0. The standard InChI is InChI=1S/C22H27N3O4S2/c1-4-8-16-15(6-3)12-18(31-16)22(27)28-14-20(26)25(10-5-2)13-19-23-24-21(29-19)17-9-7-11-30-17/h7,9,11-12H,4-6,8,10,13-14H2,1-3H3. The number of carbonyl (C=O) groups is 2. The van der Waals surface area contributed by atoms with E-state index in [1.54, 1.807) is 4.90 Å². The zero-order valence-corrected chi connectivity index (χ0v) is 19.7. The Kier molecular flexibility index (Phi) is 8.36. The van der Waals surface area contributed by atoms with Gasteiger partial charge in [-0.25, -0.2) is 4.79 Å². The van der Waals surface area contributed by atoms with Crippen LogP contribution in [0, 0.1) is 0 Å². The normalized spacial score (nSPS) is 10.9. The first-order valence-electron chi connectivity index (χ1n) is 10.5. The number of aromatic nitrogens is 2. The van der Waals surface area contributed by atoms with Gasteiger partial charge in [0.1, 0.15) is 4.88 Å². The van der Waals surface area contributed by atoms with Crippen LogP contribution < -0.4 is 0 Å². The van der Waals surface area contributed by atoms with Crippen LogP contribution in [0.2, 0.25) is 0 Å². The molecule has 3 rings (SSSR count). The Labute approximate surface area is 190 Å². The van der Waals surface area contributed by atoms with E-state index < -0.39 is 5.97 Å². The molecule has 7 nitrogen and oxygen atoms in total. The lowest BCUT2D eigenvalue weighted by molar-refractivity contribution is -0.135. The number of thiophene rings is 2. The second kappa shape index (κ2) is 11.2. The summed E-state index contributed by atoms with van der Waals surface area (Å²) in [5, 5.41) is 10.0. The number of carbonyl (C=O) groups excluding carboxylic acids is 2. The Bertz CT molecular complexity index is 994. The third-order valence-electron chi connectivity index (χ3n) is 4.65. The van der Waals surface area contributed by atoms with Gasteiger partial charge in [0.05, 0.1) is 11.4 Å². The quantitative estimate of drug-likeness (QED) is 0.375. The number of nitrogens with zero attached hydrogens (tertiary/aromatic N) is 3. The lowest BCUT2D eigenvalue weighted by Gasteiger charge is -2.19. The first-order valence-corrected chi connectivity index (χ1v) is 12.2. The molecular weight excluding hydrogens is 434 g/mol. The van der Waals surface area contributed by atoms with E-state index in [0.29, 0.717) is 23.2 Å². The number of hydrogen-bond acceptors (Lipinski definition) is 8. The molecule has 1 amide bonds. The highest BCUT2D eigenvalue weighted by Crippen LogP contribution is 2.26. The SMILES string of the molecule is CCCc1sc(C(=O)OCC(=O)N(CCC)Cc2nnc(-c3cccs3)o2)cc1CC. The summed E-state index contributed by atoms with van der Waals surface area (Å²) in [4.78, 5) is 29.4. The molecular formula is C22H27N3O4S2. The molecule has 166 valence electrons. The second-order valence-electron chi connectivity index (χ2n) is 7.03. The molecule has 3 heterocycles. The van der Waals surface area contributed by atoms with E-state index in [-0.39, 0.29) is 19.1 Å². The Morgan fingerprint density at radius 3 is 2.71 bits per heavy atom. The lowest BCUT2D eigenvalue weighted by Crippen LogP contribution is -2.35. The maximum absolute atomic E-state index is 12.7. The molecule has 0 unspecified atom stereocenters. The summed E-state index contributed by atoms with van der Waals surface area (Å²) in [6, 6.07) is 5.70. The molecule has 9 heteroatoms. The molecule has 31 heavy (non-hydrogen) atoms. The van der Waals surface area contributed by atoms with Crippen LogP contribution in [0.4, 0.5) is 0 Å². The number of hydrogen-bond donors (Lipinski definition) is 0. The van der Waals surface area contributed by atoms with E-state index in [1.807, 2.05) is 30.5 Å². The van der Waals surface area contributed by atoms with E-state index in [9.17, 15) is 9.59 Å². The zero-order chi connectivity index (χ0) is 22.2. The number of aryl methyl sites for hydroxylation is 2. The minimum atomic E-state index is -0.454. The highest BCUT2D eigenvalue weighted by molar-refractivity contribution is 7.14. The van der Waals surface area contributed by atoms with Gasteiger partial charge < -0.3 is 14.1 Å². The van der Waals surface area contributed by atoms with Crippen molar-refractivity contribution >= 4 is 34.6 Å². The fourth-order valence-electron chi connectivity index (χ4n) is 3.14. The highest BCUT2D eigenvalue weighted by atomic mass is 32.1. The smallest absolute Gasteiger partial charge is 0.348 e. The van der Waals surface area contributed by atoms with Crippen LogP contribution in [0.3, 0.4) is 0 Å². The van der Waals surface area contributed by atoms with Crippen molar-refractivity contribution in [3.63, 3.8) is 0 Å². The Morgan fingerprint density at radius 1 is 1.19 bits per heavy atom. The van der Waals surface area contributed by atoms with Gasteiger partial charge in [0.25, 0.3) is 11.8 Å². The van der Waals surface area contributed by atoms with Gasteiger partial charge >= 0.3 is 5.97 Å². The predicted molar refractivity (Wildman–Crippen MR) is 121 cm³/mol. The summed E-state index contributed by atoms with van der Waals surface area (Å²) in [5.74, 6) is 0.0518. The molecule has 0 atom stereocenters. The van der Waals surface area contributed by atoms with Crippen molar-refractivity contribution in [2.45, 2.75) is 53.0 Å². The first kappa shape index (κ1) is 23.1. The summed E-state index contributed by atoms with van der Waals surface area (Å²) < 4.78 is 11.0. The van der Waals surface area contributed by atoms with Gasteiger partial charge in [-0.1, -0.05) is 33.3 Å². The van der Waals surface area contributed by atoms with Crippen molar-refractivity contribution in [1.82, 2.24) is 15.1 Å². The Hall–Kier alpha value is -2.52. The first-order chi connectivity index (χ1) is 15.0. The summed E-state index contributed by atoms with van der Waals surface area (Å²) >= 11 is 2.97. The van der Waals surface area contributed by atoms with Gasteiger partial charge in [0.15, 0.2) is 6.61 Å². The molecule has 0 bridgehead atoms. The molecule has 0 radical (unpaired) electrons. The van der Waals surface area contributed by atoms with Crippen LogP contribution >= 0.6 is 22.7 Å². The van der Waals surface area contributed by atoms with Gasteiger partial charge in [-0.05, 0) is 42.3 Å². The topological polar surface area (TPSA) is 85.5 Å². The minimum absolute atomic E-state index is 0.183. The summed E-state index contributed by atoms with van der Waals surface area (Å²) in [6.45, 7) is 6.54. The van der Waals surface area contributed by atoms with Gasteiger partial charge in [-0.3, -0.25) is 4.79 Å². The third kappa shape index (κ3) is 6.01. The lowest BCUT2D eigenvalue weighted by atomic mass is 10.1. The van der Waals surface area contributed by atoms with E-state index in [2.05, 4.69) is 24.0 Å². The molecule has 0 saturated heterocycles.